The highest BCUT2D eigenvalue weighted by Gasteiger charge is 2.06. The van der Waals surface area contributed by atoms with E-state index >= 15 is 0 Å². The molecule has 0 saturated heterocycles. The zero-order valence-electron chi connectivity index (χ0n) is 8.30. The van der Waals surface area contributed by atoms with Gasteiger partial charge < -0.3 is 14.9 Å². The summed E-state index contributed by atoms with van der Waals surface area (Å²) >= 11 is 0. The van der Waals surface area contributed by atoms with Crippen LogP contribution < -0.4 is 10.5 Å². The SMILES string of the molecule is COc1ccn2c(CC(N)=O)cnc2c1. The van der Waals surface area contributed by atoms with E-state index < -0.39 is 0 Å². The number of nitrogens with two attached hydrogens (primary N) is 1. The minimum Gasteiger partial charge on any atom is -0.497 e. The van der Waals surface area contributed by atoms with Gasteiger partial charge in [-0.2, -0.15) is 0 Å². The van der Waals surface area contributed by atoms with E-state index in [0.717, 1.165) is 17.1 Å². The monoisotopic (exact) mass is 205 g/mol. The van der Waals surface area contributed by atoms with Crippen molar-refractivity contribution in [2.24, 2.45) is 5.73 Å². The molecule has 0 spiro atoms. The lowest BCUT2D eigenvalue weighted by atomic mass is 10.3. The number of ether oxygens (including phenoxy) is 1. The third kappa shape index (κ3) is 1.76. The standard InChI is InChI=1S/C10H11N3O2/c1-15-8-2-3-13-7(4-9(11)14)6-12-10(13)5-8/h2-3,5-6H,4H2,1H3,(H2,11,14). The maximum Gasteiger partial charge on any atom is 0.223 e. The zero-order chi connectivity index (χ0) is 10.8. The molecule has 0 aliphatic carbocycles. The van der Waals surface area contributed by atoms with Crippen LogP contribution in [0.25, 0.3) is 5.65 Å². The number of pyridine rings is 1. The van der Waals surface area contributed by atoms with Crippen LogP contribution in [-0.2, 0) is 11.2 Å². The largest absolute Gasteiger partial charge is 0.497 e. The van der Waals surface area contributed by atoms with Gasteiger partial charge in [-0.1, -0.05) is 0 Å². The summed E-state index contributed by atoms with van der Waals surface area (Å²) in [6.45, 7) is 0. The molecular weight excluding hydrogens is 194 g/mol. The topological polar surface area (TPSA) is 69.6 Å². The number of imidazole rings is 1. The van der Waals surface area contributed by atoms with Crippen LogP contribution in [0.15, 0.2) is 24.5 Å². The quantitative estimate of drug-likeness (QED) is 0.787. The summed E-state index contributed by atoms with van der Waals surface area (Å²) < 4.78 is 6.88. The van der Waals surface area contributed by atoms with Gasteiger partial charge in [0.05, 0.1) is 19.2 Å². The maximum absolute atomic E-state index is 10.8. The molecule has 15 heavy (non-hydrogen) atoms. The van der Waals surface area contributed by atoms with Gasteiger partial charge in [0.25, 0.3) is 0 Å². The predicted octanol–water partition coefficient (Wildman–Crippen LogP) is 0.371. The molecule has 0 bridgehead atoms. The minimum absolute atomic E-state index is 0.188. The van der Waals surface area contributed by atoms with Crippen molar-refractivity contribution < 1.29 is 9.53 Å². The molecule has 0 unspecified atom stereocenters. The summed E-state index contributed by atoms with van der Waals surface area (Å²) in [6, 6.07) is 3.60. The number of amides is 1. The molecule has 0 aliphatic heterocycles. The number of methoxy groups -OCH3 is 1. The first kappa shape index (κ1) is 9.51. The molecule has 5 nitrogen and oxygen atoms in total. The molecule has 0 aromatic carbocycles. The van der Waals surface area contributed by atoms with Crippen molar-refractivity contribution in [3.8, 4) is 5.75 Å². The van der Waals surface area contributed by atoms with Gasteiger partial charge in [-0.3, -0.25) is 4.79 Å². The predicted molar refractivity (Wildman–Crippen MR) is 54.6 cm³/mol. The van der Waals surface area contributed by atoms with E-state index in [1.54, 1.807) is 31.6 Å². The van der Waals surface area contributed by atoms with Gasteiger partial charge >= 0.3 is 0 Å². The molecule has 1 amide bonds. The molecule has 0 aliphatic rings. The second-order valence-electron chi connectivity index (χ2n) is 3.19. The first-order chi connectivity index (χ1) is 7.20. The van der Waals surface area contributed by atoms with Gasteiger partial charge in [-0.15, -0.1) is 0 Å². The number of carbonyl (C=O) groups is 1. The molecular formula is C10H11N3O2. The van der Waals surface area contributed by atoms with Crippen molar-refractivity contribution in [2.75, 3.05) is 7.11 Å². The van der Waals surface area contributed by atoms with Crippen molar-refractivity contribution in [1.29, 1.82) is 0 Å². The summed E-state index contributed by atoms with van der Waals surface area (Å²) in [4.78, 5) is 14.9. The van der Waals surface area contributed by atoms with Gasteiger partial charge in [0.15, 0.2) is 0 Å². The van der Waals surface area contributed by atoms with E-state index in [9.17, 15) is 4.79 Å². The average Bonchev–Trinajstić information content (AvgIpc) is 2.60. The van der Waals surface area contributed by atoms with Crippen LogP contribution in [0.3, 0.4) is 0 Å². The van der Waals surface area contributed by atoms with E-state index in [0.29, 0.717) is 0 Å². The van der Waals surface area contributed by atoms with Gasteiger partial charge in [0, 0.05) is 18.5 Å². The summed E-state index contributed by atoms with van der Waals surface area (Å²) in [5, 5.41) is 0. The maximum atomic E-state index is 10.8. The molecule has 2 N–H and O–H groups in total. The average molecular weight is 205 g/mol. The Morgan fingerprint density at radius 2 is 2.47 bits per heavy atom. The second-order valence-corrected chi connectivity index (χ2v) is 3.19. The van der Waals surface area contributed by atoms with Crippen LogP contribution in [-0.4, -0.2) is 22.4 Å². The van der Waals surface area contributed by atoms with Crippen LogP contribution in [0, 0.1) is 0 Å². The normalized spacial score (nSPS) is 10.5. The lowest BCUT2D eigenvalue weighted by molar-refractivity contribution is -0.117. The van der Waals surface area contributed by atoms with E-state index in [1.165, 1.54) is 0 Å². The number of fused-ring (bicyclic) bond motifs is 1. The first-order valence-corrected chi connectivity index (χ1v) is 4.49. The number of hydrogen-bond acceptors (Lipinski definition) is 3. The highest BCUT2D eigenvalue weighted by Crippen LogP contribution is 2.14. The fraction of sp³-hybridized carbons (Fsp3) is 0.200. The highest BCUT2D eigenvalue weighted by atomic mass is 16.5. The molecule has 0 atom stereocenters. The summed E-state index contributed by atoms with van der Waals surface area (Å²) in [5.41, 5.74) is 6.65. The highest BCUT2D eigenvalue weighted by molar-refractivity contribution is 5.76. The van der Waals surface area contributed by atoms with Gasteiger partial charge in [0.1, 0.15) is 11.4 Å². The Morgan fingerprint density at radius 1 is 1.67 bits per heavy atom. The van der Waals surface area contributed by atoms with E-state index in [4.69, 9.17) is 10.5 Å². The van der Waals surface area contributed by atoms with Gasteiger partial charge in [-0.05, 0) is 6.07 Å². The van der Waals surface area contributed by atoms with Crippen LogP contribution in [0.2, 0.25) is 0 Å². The van der Waals surface area contributed by atoms with E-state index in [2.05, 4.69) is 4.98 Å². The van der Waals surface area contributed by atoms with Crippen molar-refractivity contribution in [2.45, 2.75) is 6.42 Å². The minimum atomic E-state index is -0.368. The third-order valence-electron chi connectivity index (χ3n) is 2.15. The Balaban J connectivity index is 2.47. The third-order valence-corrected chi connectivity index (χ3v) is 2.15. The number of nitrogens with zero attached hydrogens (tertiary/aromatic N) is 2. The van der Waals surface area contributed by atoms with Crippen molar-refractivity contribution in [3.05, 3.63) is 30.2 Å². The molecule has 2 aromatic heterocycles. The fourth-order valence-corrected chi connectivity index (χ4v) is 1.45. The Hall–Kier alpha value is -2.04. The number of hydrogen-bond donors (Lipinski definition) is 1. The van der Waals surface area contributed by atoms with Gasteiger partial charge in [-0.25, -0.2) is 4.98 Å². The number of primary amides is 1. The van der Waals surface area contributed by atoms with Crippen LogP contribution in [0.4, 0.5) is 0 Å². The smallest absolute Gasteiger partial charge is 0.223 e. The fourth-order valence-electron chi connectivity index (χ4n) is 1.45. The van der Waals surface area contributed by atoms with Crippen molar-refractivity contribution >= 4 is 11.6 Å². The van der Waals surface area contributed by atoms with Crippen molar-refractivity contribution in [3.63, 3.8) is 0 Å². The summed E-state index contributed by atoms with van der Waals surface area (Å²) in [7, 11) is 1.60. The molecule has 2 heterocycles. The lowest BCUT2D eigenvalue weighted by Crippen LogP contribution is -2.14. The summed E-state index contributed by atoms with van der Waals surface area (Å²) in [6.07, 6.45) is 3.63. The lowest BCUT2D eigenvalue weighted by Gasteiger charge is -2.01. The summed E-state index contributed by atoms with van der Waals surface area (Å²) in [5.74, 6) is 0.367. The molecule has 0 fully saturated rings. The zero-order valence-corrected chi connectivity index (χ0v) is 8.30. The van der Waals surface area contributed by atoms with E-state index in [1.807, 2.05) is 4.40 Å². The Morgan fingerprint density at radius 3 is 3.13 bits per heavy atom. The number of rotatable bonds is 3. The van der Waals surface area contributed by atoms with Crippen LogP contribution in [0.1, 0.15) is 5.69 Å². The molecule has 2 aromatic rings. The van der Waals surface area contributed by atoms with Crippen LogP contribution in [0.5, 0.6) is 5.75 Å². The van der Waals surface area contributed by atoms with Crippen LogP contribution >= 0.6 is 0 Å². The van der Waals surface area contributed by atoms with Gasteiger partial charge in [0.2, 0.25) is 5.91 Å². The molecule has 78 valence electrons. The Labute approximate surface area is 86.5 Å². The Kier molecular flexibility index (Phi) is 2.29. The molecule has 0 radical (unpaired) electrons. The van der Waals surface area contributed by atoms with E-state index in [-0.39, 0.29) is 12.3 Å². The first-order valence-electron chi connectivity index (χ1n) is 4.49. The second kappa shape index (κ2) is 3.61. The molecule has 2 rings (SSSR count). The van der Waals surface area contributed by atoms with Crippen molar-refractivity contribution in [1.82, 2.24) is 9.38 Å². The molecule has 5 heteroatoms. The number of aromatic nitrogens is 2. The molecule has 0 saturated carbocycles. The number of carbonyl (C=O) groups excluding carboxylic acids is 1. The Bertz CT molecular complexity index is 504.